The summed E-state index contributed by atoms with van der Waals surface area (Å²) in [5, 5.41) is 14.1. The number of benzene rings is 2. The van der Waals surface area contributed by atoms with Gasteiger partial charge in [0.05, 0.1) is 5.60 Å². The van der Waals surface area contributed by atoms with Crippen LogP contribution in [0.25, 0.3) is 10.1 Å². The first-order chi connectivity index (χ1) is 9.64. The second kappa shape index (κ2) is 5.39. The summed E-state index contributed by atoms with van der Waals surface area (Å²) < 4.78 is 1.29. The number of hydrogen-bond acceptors (Lipinski definition) is 2. The fourth-order valence-electron chi connectivity index (χ4n) is 2.68. The van der Waals surface area contributed by atoms with Crippen molar-refractivity contribution in [2.24, 2.45) is 0 Å². The molecule has 3 rings (SSSR count). The van der Waals surface area contributed by atoms with Crippen LogP contribution in [0.1, 0.15) is 18.1 Å². The molecule has 0 amide bonds. The Labute approximate surface area is 123 Å². The Bertz CT molecular complexity index is 698. The van der Waals surface area contributed by atoms with Gasteiger partial charge in [0.15, 0.2) is 0 Å². The molecule has 0 saturated heterocycles. The highest BCUT2D eigenvalue weighted by molar-refractivity contribution is 7.17. The van der Waals surface area contributed by atoms with E-state index >= 15 is 0 Å². The molecule has 1 N–H and O–H groups in total. The molecule has 0 bridgehead atoms. The van der Waals surface area contributed by atoms with E-state index in [0.29, 0.717) is 12.8 Å². The van der Waals surface area contributed by atoms with Crippen LogP contribution in [0.5, 0.6) is 0 Å². The first-order valence-electron chi connectivity index (χ1n) is 6.85. The number of aliphatic hydroxyl groups is 1. The first kappa shape index (κ1) is 13.3. The monoisotopic (exact) mass is 282 g/mol. The SMILES string of the molecule is CC(O)(Cc1ccccc1)Cc1csc2ccccc12. The number of thiophene rings is 1. The molecule has 3 aromatic rings. The van der Waals surface area contributed by atoms with E-state index in [1.54, 1.807) is 11.3 Å². The summed E-state index contributed by atoms with van der Waals surface area (Å²) in [7, 11) is 0. The van der Waals surface area contributed by atoms with Crippen molar-refractivity contribution >= 4 is 21.4 Å². The Hall–Kier alpha value is -1.64. The van der Waals surface area contributed by atoms with Crippen LogP contribution in [-0.4, -0.2) is 10.7 Å². The van der Waals surface area contributed by atoms with E-state index in [-0.39, 0.29) is 0 Å². The smallest absolute Gasteiger partial charge is 0.0700 e. The van der Waals surface area contributed by atoms with E-state index in [1.165, 1.54) is 21.2 Å². The molecule has 0 aliphatic rings. The largest absolute Gasteiger partial charge is 0.389 e. The van der Waals surface area contributed by atoms with Crippen LogP contribution in [0.3, 0.4) is 0 Å². The highest BCUT2D eigenvalue weighted by Gasteiger charge is 2.23. The zero-order valence-corrected chi connectivity index (χ0v) is 12.4. The highest BCUT2D eigenvalue weighted by atomic mass is 32.1. The van der Waals surface area contributed by atoms with Crippen LogP contribution in [-0.2, 0) is 12.8 Å². The van der Waals surface area contributed by atoms with Crippen LogP contribution >= 0.6 is 11.3 Å². The van der Waals surface area contributed by atoms with Crippen LogP contribution < -0.4 is 0 Å². The Morgan fingerprint density at radius 1 is 0.950 bits per heavy atom. The molecule has 1 unspecified atom stereocenters. The predicted octanol–water partition coefficient (Wildman–Crippen LogP) is 4.44. The van der Waals surface area contributed by atoms with Gasteiger partial charge in [-0.05, 0) is 34.9 Å². The maximum atomic E-state index is 10.7. The lowest BCUT2D eigenvalue weighted by molar-refractivity contribution is 0.0612. The third kappa shape index (κ3) is 2.92. The van der Waals surface area contributed by atoms with E-state index in [2.05, 4.69) is 41.8 Å². The number of hydrogen-bond donors (Lipinski definition) is 1. The molecule has 1 heterocycles. The summed E-state index contributed by atoms with van der Waals surface area (Å²) in [5.74, 6) is 0. The predicted molar refractivity (Wildman–Crippen MR) is 86.3 cm³/mol. The molecule has 0 spiro atoms. The molecule has 1 aromatic heterocycles. The van der Waals surface area contributed by atoms with Gasteiger partial charge >= 0.3 is 0 Å². The molecule has 0 saturated carbocycles. The molecule has 0 aliphatic carbocycles. The van der Waals surface area contributed by atoms with E-state index in [0.717, 1.165) is 0 Å². The van der Waals surface area contributed by atoms with E-state index < -0.39 is 5.60 Å². The van der Waals surface area contributed by atoms with Crippen molar-refractivity contribution in [1.29, 1.82) is 0 Å². The zero-order chi connectivity index (χ0) is 14.0. The summed E-state index contributed by atoms with van der Waals surface area (Å²) in [6.07, 6.45) is 1.37. The third-order valence-electron chi connectivity index (χ3n) is 3.56. The Morgan fingerprint density at radius 2 is 1.65 bits per heavy atom. The Kier molecular flexibility index (Phi) is 3.60. The fraction of sp³-hybridized carbons (Fsp3) is 0.222. The van der Waals surface area contributed by atoms with Gasteiger partial charge in [-0.3, -0.25) is 0 Å². The molecule has 1 nitrogen and oxygen atoms in total. The van der Waals surface area contributed by atoms with Gasteiger partial charge < -0.3 is 5.11 Å². The summed E-state index contributed by atoms with van der Waals surface area (Å²) in [4.78, 5) is 0. The minimum Gasteiger partial charge on any atom is -0.389 e. The quantitative estimate of drug-likeness (QED) is 0.750. The van der Waals surface area contributed by atoms with Crippen LogP contribution in [0, 0.1) is 0 Å². The minimum absolute atomic E-state index is 0.679. The Morgan fingerprint density at radius 3 is 2.45 bits per heavy atom. The van der Waals surface area contributed by atoms with E-state index in [9.17, 15) is 5.11 Å². The maximum Gasteiger partial charge on any atom is 0.0700 e. The van der Waals surface area contributed by atoms with Gasteiger partial charge in [0, 0.05) is 17.5 Å². The topological polar surface area (TPSA) is 20.2 Å². The van der Waals surface area contributed by atoms with E-state index in [4.69, 9.17) is 0 Å². The molecular weight excluding hydrogens is 264 g/mol. The summed E-state index contributed by atoms with van der Waals surface area (Å²) >= 11 is 1.75. The molecule has 0 aliphatic heterocycles. The van der Waals surface area contributed by atoms with Gasteiger partial charge in [0.2, 0.25) is 0 Å². The Balaban J connectivity index is 1.82. The molecule has 0 fully saturated rings. The normalized spacial score (nSPS) is 14.3. The summed E-state index contributed by atoms with van der Waals surface area (Å²) in [6.45, 7) is 1.92. The molecular formula is C18H18OS. The number of rotatable bonds is 4. The standard InChI is InChI=1S/C18H18OS/c1-18(19,11-14-7-3-2-4-8-14)12-15-13-20-17-10-6-5-9-16(15)17/h2-10,13,19H,11-12H2,1H3. The highest BCUT2D eigenvalue weighted by Crippen LogP contribution is 2.29. The lowest BCUT2D eigenvalue weighted by Gasteiger charge is -2.23. The fourth-order valence-corrected chi connectivity index (χ4v) is 3.64. The molecule has 2 aromatic carbocycles. The molecule has 1 atom stereocenters. The van der Waals surface area contributed by atoms with Gasteiger partial charge in [-0.15, -0.1) is 11.3 Å². The molecule has 20 heavy (non-hydrogen) atoms. The van der Waals surface area contributed by atoms with Gasteiger partial charge in [-0.1, -0.05) is 48.5 Å². The first-order valence-corrected chi connectivity index (χ1v) is 7.73. The van der Waals surface area contributed by atoms with Crippen molar-refractivity contribution < 1.29 is 5.11 Å². The van der Waals surface area contributed by atoms with Crippen molar-refractivity contribution in [3.63, 3.8) is 0 Å². The average Bonchev–Trinajstić information content (AvgIpc) is 2.82. The van der Waals surface area contributed by atoms with Crippen molar-refractivity contribution in [3.8, 4) is 0 Å². The minimum atomic E-state index is -0.717. The van der Waals surface area contributed by atoms with Crippen molar-refractivity contribution in [2.75, 3.05) is 0 Å². The van der Waals surface area contributed by atoms with Crippen LogP contribution in [0.15, 0.2) is 60.0 Å². The molecule has 0 radical (unpaired) electrons. The van der Waals surface area contributed by atoms with E-state index in [1.807, 2.05) is 25.1 Å². The molecule has 2 heteroatoms. The summed E-state index contributed by atoms with van der Waals surface area (Å²) in [5.41, 5.74) is 1.70. The lowest BCUT2D eigenvalue weighted by Crippen LogP contribution is -2.29. The summed E-state index contributed by atoms with van der Waals surface area (Å²) in [6, 6.07) is 18.6. The second-order valence-electron chi connectivity index (χ2n) is 5.59. The lowest BCUT2D eigenvalue weighted by atomic mass is 9.90. The van der Waals surface area contributed by atoms with Crippen molar-refractivity contribution in [2.45, 2.75) is 25.4 Å². The zero-order valence-electron chi connectivity index (χ0n) is 11.5. The van der Waals surface area contributed by atoms with Crippen LogP contribution in [0.4, 0.5) is 0 Å². The van der Waals surface area contributed by atoms with Gasteiger partial charge in [-0.25, -0.2) is 0 Å². The third-order valence-corrected chi connectivity index (χ3v) is 4.57. The maximum absolute atomic E-state index is 10.7. The molecule has 102 valence electrons. The number of fused-ring (bicyclic) bond motifs is 1. The van der Waals surface area contributed by atoms with Crippen LogP contribution in [0.2, 0.25) is 0 Å². The second-order valence-corrected chi connectivity index (χ2v) is 6.50. The van der Waals surface area contributed by atoms with Gasteiger partial charge in [0.25, 0.3) is 0 Å². The average molecular weight is 282 g/mol. The van der Waals surface area contributed by atoms with Gasteiger partial charge in [-0.2, -0.15) is 0 Å². The van der Waals surface area contributed by atoms with Gasteiger partial charge in [0.1, 0.15) is 0 Å². The van der Waals surface area contributed by atoms with Crippen molar-refractivity contribution in [1.82, 2.24) is 0 Å². The van der Waals surface area contributed by atoms with Crippen molar-refractivity contribution in [3.05, 3.63) is 71.1 Å².